The van der Waals surface area contributed by atoms with Crippen LogP contribution in [0.25, 0.3) is 0 Å². The molecule has 18 heavy (non-hydrogen) atoms. The summed E-state index contributed by atoms with van der Waals surface area (Å²) in [4.78, 5) is 15.2. The van der Waals surface area contributed by atoms with Crippen molar-refractivity contribution in [2.75, 3.05) is 45.9 Å². The minimum Gasteiger partial charge on any atom is -0.480 e. The van der Waals surface area contributed by atoms with Gasteiger partial charge in [0, 0.05) is 39.3 Å². The summed E-state index contributed by atoms with van der Waals surface area (Å²) in [5.74, 6) is -0.151. The molecule has 0 saturated carbocycles. The Bertz CT molecular complexity index is 251. The first-order valence-corrected chi connectivity index (χ1v) is 6.77. The van der Waals surface area contributed by atoms with Crippen LogP contribution in [0.4, 0.5) is 0 Å². The van der Waals surface area contributed by atoms with Crippen LogP contribution >= 0.6 is 0 Å². The Hall–Kier alpha value is -0.650. The fraction of sp³-hybridized carbons (Fsp3) is 0.923. The van der Waals surface area contributed by atoms with E-state index < -0.39 is 5.97 Å². The first-order valence-electron chi connectivity index (χ1n) is 6.77. The predicted molar refractivity (Wildman–Crippen MR) is 70.8 cm³/mol. The average molecular weight is 258 g/mol. The van der Waals surface area contributed by atoms with E-state index in [4.69, 9.17) is 9.84 Å². The maximum atomic E-state index is 10.9. The molecule has 5 nitrogen and oxygen atoms in total. The number of rotatable bonds is 7. The fourth-order valence-corrected chi connectivity index (χ4v) is 2.04. The van der Waals surface area contributed by atoms with Crippen molar-refractivity contribution in [3.8, 4) is 0 Å². The van der Waals surface area contributed by atoms with Gasteiger partial charge in [0.05, 0.1) is 6.61 Å². The summed E-state index contributed by atoms with van der Waals surface area (Å²) >= 11 is 0. The standard InChI is InChI=1S/C13H26N2O3/c1-11(2)10-18-9-8-14-4-6-15(7-5-14)12(3)13(16)17/h11-12H,4-10H2,1-3H3,(H,16,17). The Morgan fingerprint density at radius 1 is 1.22 bits per heavy atom. The van der Waals surface area contributed by atoms with E-state index >= 15 is 0 Å². The molecular weight excluding hydrogens is 232 g/mol. The Kier molecular flexibility index (Phi) is 6.60. The van der Waals surface area contributed by atoms with Gasteiger partial charge in [-0.25, -0.2) is 0 Å². The SMILES string of the molecule is CC(C)COCCN1CCN(C(C)C(=O)O)CC1. The van der Waals surface area contributed by atoms with Crippen LogP contribution in [-0.2, 0) is 9.53 Å². The highest BCUT2D eigenvalue weighted by Gasteiger charge is 2.24. The van der Waals surface area contributed by atoms with E-state index in [1.807, 2.05) is 4.90 Å². The van der Waals surface area contributed by atoms with Crippen LogP contribution in [0, 0.1) is 5.92 Å². The van der Waals surface area contributed by atoms with E-state index in [9.17, 15) is 4.79 Å². The van der Waals surface area contributed by atoms with Crippen molar-refractivity contribution in [3.05, 3.63) is 0 Å². The second-order valence-electron chi connectivity index (χ2n) is 5.36. The van der Waals surface area contributed by atoms with Gasteiger partial charge >= 0.3 is 5.97 Å². The zero-order chi connectivity index (χ0) is 13.5. The van der Waals surface area contributed by atoms with Crippen LogP contribution in [0.3, 0.4) is 0 Å². The molecule has 0 spiro atoms. The molecule has 1 N–H and O–H groups in total. The third kappa shape index (κ3) is 5.33. The molecule has 1 saturated heterocycles. The van der Waals surface area contributed by atoms with Crippen LogP contribution in [-0.4, -0.2) is 72.9 Å². The lowest BCUT2D eigenvalue weighted by atomic mass is 10.2. The van der Waals surface area contributed by atoms with E-state index in [1.54, 1.807) is 6.92 Å². The molecule has 5 heteroatoms. The van der Waals surface area contributed by atoms with E-state index in [0.29, 0.717) is 5.92 Å². The minimum atomic E-state index is -0.733. The highest BCUT2D eigenvalue weighted by Crippen LogP contribution is 2.06. The number of nitrogens with zero attached hydrogens (tertiary/aromatic N) is 2. The Morgan fingerprint density at radius 2 is 1.83 bits per heavy atom. The quantitative estimate of drug-likeness (QED) is 0.683. The summed E-state index contributed by atoms with van der Waals surface area (Å²) in [5, 5.41) is 8.95. The highest BCUT2D eigenvalue weighted by molar-refractivity contribution is 5.72. The largest absolute Gasteiger partial charge is 0.480 e. The number of carbonyl (C=O) groups is 1. The van der Waals surface area contributed by atoms with Crippen molar-refractivity contribution in [1.29, 1.82) is 0 Å². The molecule has 1 aliphatic rings. The lowest BCUT2D eigenvalue weighted by Gasteiger charge is -2.36. The van der Waals surface area contributed by atoms with Crippen LogP contribution in [0.5, 0.6) is 0 Å². The molecular formula is C13H26N2O3. The van der Waals surface area contributed by atoms with Gasteiger partial charge in [0.1, 0.15) is 6.04 Å². The Labute approximate surface area is 110 Å². The van der Waals surface area contributed by atoms with Gasteiger partial charge in [0.25, 0.3) is 0 Å². The number of aliphatic carboxylic acids is 1. The molecule has 0 aromatic carbocycles. The van der Waals surface area contributed by atoms with E-state index in [0.717, 1.165) is 45.9 Å². The summed E-state index contributed by atoms with van der Waals surface area (Å²) in [7, 11) is 0. The number of hydrogen-bond acceptors (Lipinski definition) is 4. The Balaban J connectivity index is 2.13. The maximum absolute atomic E-state index is 10.9. The smallest absolute Gasteiger partial charge is 0.320 e. The number of carboxylic acid groups (broad SMARTS) is 1. The van der Waals surface area contributed by atoms with Crippen molar-refractivity contribution in [1.82, 2.24) is 9.80 Å². The summed E-state index contributed by atoms with van der Waals surface area (Å²) in [5.41, 5.74) is 0. The third-order valence-electron chi connectivity index (χ3n) is 3.32. The summed E-state index contributed by atoms with van der Waals surface area (Å²) in [6.45, 7) is 12.1. The molecule has 0 aromatic rings. The molecule has 1 heterocycles. The van der Waals surface area contributed by atoms with Gasteiger partial charge in [-0.05, 0) is 12.8 Å². The molecule has 0 amide bonds. The number of hydrogen-bond donors (Lipinski definition) is 1. The van der Waals surface area contributed by atoms with Gasteiger partial charge < -0.3 is 9.84 Å². The van der Waals surface area contributed by atoms with Crippen molar-refractivity contribution < 1.29 is 14.6 Å². The van der Waals surface area contributed by atoms with Gasteiger partial charge in [-0.1, -0.05) is 13.8 Å². The second kappa shape index (κ2) is 7.71. The van der Waals surface area contributed by atoms with Gasteiger partial charge in [0.15, 0.2) is 0 Å². The van der Waals surface area contributed by atoms with Crippen molar-refractivity contribution >= 4 is 5.97 Å². The maximum Gasteiger partial charge on any atom is 0.320 e. The van der Waals surface area contributed by atoms with Crippen LogP contribution in [0.1, 0.15) is 20.8 Å². The zero-order valence-corrected chi connectivity index (χ0v) is 11.8. The normalized spacial score (nSPS) is 20.2. The molecule has 106 valence electrons. The van der Waals surface area contributed by atoms with Crippen LogP contribution in [0.2, 0.25) is 0 Å². The lowest BCUT2D eigenvalue weighted by molar-refractivity contribution is -0.143. The number of ether oxygens (including phenoxy) is 1. The highest BCUT2D eigenvalue weighted by atomic mass is 16.5. The van der Waals surface area contributed by atoms with Gasteiger partial charge in [-0.15, -0.1) is 0 Å². The van der Waals surface area contributed by atoms with Gasteiger partial charge in [-0.3, -0.25) is 14.6 Å². The van der Waals surface area contributed by atoms with Crippen molar-refractivity contribution in [3.63, 3.8) is 0 Å². The molecule has 1 fully saturated rings. The third-order valence-corrected chi connectivity index (χ3v) is 3.32. The first kappa shape index (κ1) is 15.4. The topological polar surface area (TPSA) is 53.0 Å². The lowest BCUT2D eigenvalue weighted by Crippen LogP contribution is -2.52. The monoisotopic (exact) mass is 258 g/mol. The van der Waals surface area contributed by atoms with E-state index in [1.165, 1.54) is 0 Å². The molecule has 1 rings (SSSR count). The molecule has 1 unspecified atom stereocenters. The van der Waals surface area contributed by atoms with Gasteiger partial charge in [-0.2, -0.15) is 0 Å². The summed E-state index contributed by atoms with van der Waals surface area (Å²) in [6, 6.07) is -0.371. The number of carboxylic acids is 1. The molecule has 1 atom stereocenters. The van der Waals surface area contributed by atoms with Crippen molar-refractivity contribution in [2.45, 2.75) is 26.8 Å². The predicted octanol–water partition coefficient (Wildman–Crippen LogP) is 0.750. The second-order valence-corrected chi connectivity index (χ2v) is 5.36. The molecule has 0 aromatic heterocycles. The van der Waals surface area contributed by atoms with E-state index in [2.05, 4.69) is 18.7 Å². The Morgan fingerprint density at radius 3 is 2.33 bits per heavy atom. The van der Waals surface area contributed by atoms with E-state index in [-0.39, 0.29) is 6.04 Å². The molecule has 1 aliphatic heterocycles. The van der Waals surface area contributed by atoms with Crippen LogP contribution in [0.15, 0.2) is 0 Å². The van der Waals surface area contributed by atoms with Crippen molar-refractivity contribution in [2.24, 2.45) is 5.92 Å². The first-order chi connectivity index (χ1) is 8.50. The summed E-state index contributed by atoms with van der Waals surface area (Å²) < 4.78 is 5.56. The molecule has 0 bridgehead atoms. The number of piperazine rings is 1. The van der Waals surface area contributed by atoms with Crippen LogP contribution < -0.4 is 0 Å². The zero-order valence-electron chi connectivity index (χ0n) is 11.8. The minimum absolute atomic E-state index is 0.371. The molecule has 0 aliphatic carbocycles. The average Bonchev–Trinajstić information content (AvgIpc) is 2.34. The summed E-state index contributed by atoms with van der Waals surface area (Å²) in [6.07, 6.45) is 0. The van der Waals surface area contributed by atoms with Gasteiger partial charge in [0.2, 0.25) is 0 Å². The molecule has 0 radical (unpaired) electrons. The fourth-order valence-electron chi connectivity index (χ4n) is 2.04.